The van der Waals surface area contributed by atoms with E-state index in [1.54, 1.807) is 12.2 Å². The van der Waals surface area contributed by atoms with Crippen LogP contribution in [0, 0.1) is 5.82 Å². The molecule has 2 rings (SSSR count). The number of nitrogens with one attached hydrogen (secondary N) is 2. The molecule has 1 saturated carbocycles. The molecular weight excluding hydrogens is 485 g/mol. The predicted octanol–water partition coefficient (Wildman–Crippen LogP) is 1.11. The molecule has 1 aromatic rings. The molecule has 1 fully saturated rings. The van der Waals surface area contributed by atoms with Crippen LogP contribution in [-0.2, 0) is 9.84 Å². The molecule has 0 heterocycles. The standard InChI is InChI=1S/C24H34FN7O3S/c1-17(27)15-21(24(10-11-24)36(34,35)20-8-6-19(25)7-9-20)31-22(28)18(16-26)5-4-12-29-23(33)30-13-14-32(2)3/h4-9,15-16H,1,10-14,26-27H2,2-3H3,(H2,28,31)(H2,29,30,33)/b5-4-,18-16+,21-15-. The number of urea groups is 1. The zero-order chi connectivity index (χ0) is 26.9. The summed E-state index contributed by atoms with van der Waals surface area (Å²) >= 11 is 0. The van der Waals surface area contributed by atoms with Crippen LogP contribution >= 0.6 is 0 Å². The van der Waals surface area contributed by atoms with Crippen molar-refractivity contribution in [1.82, 2.24) is 15.5 Å². The molecule has 0 aliphatic heterocycles. The molecular formula is C24H34FN7O3S. The van der Waals surface area contributed by atoms with Crippen molar-refractivity contribution < 1.29 is 17.6 Å². The number of hydrogen-bond acceptors (Lipinski definition) is 7. The Morgan fingerprint density at radius 1 is 1.22 bits per heavy atom. The van der Waals surface area contributed by atoms with Crippen molar-refractivity contribution in [2.45, 2.75) is 22.5 Å². The van der Waals surface area contributed by atoms with Crippen molar-refractivity contribution in [3.8, 4) is 0 Å². The minimum absolute atomic E-state index is 0.0341. The van der Waals surface area contributed by atoms with Crippen LogP contribution in [-0.4, -0.2) is 63.7 Å². The van der Waals surface area contributed by atoms with Gasteiger partial charge < -0.3 is 32.7 Å². The van der Waals surface area contributed by atoms with E-state index in [1.807, 2.05) is 19.0 Å². The van der Waals surface area contributed by atoms with Gasteiger partial charge in [-0.25, -0.2) is 22.6 Å². The van der Waals surface area contributed by atoms with Crippen LogP contribution < -0.4 is 27.8 Å². The van der Waals surface area contributed by atoms with E-state index in [1.165, 1.54) is 24.4 Å². The van der Waals surface area contributed by atoms with Crippen molar-refractivity contribution in [2.75, 3.05) is 33.7 Å². The molecule has 0 unspecified atom stereocenters. The van der Waals surface area contributed by atoms with Crippen LogP contribution in [0.2, 0.25) is 0 Å². The molecule has 8 N–H and O–H groups in total. The summed E-state index contributed by atoms with van der Waals surface area (Å²) in [6.07, 6.45) is 6.33. The summed E-state index contributed by atoms with van der Waals surface area (Å²) < 4.78 is 38.8. The van der Waals surface area contributed by atoms with Gasteiger partial charge in [-0.3, -0.25) is 0 Å². The molecule has 36 heavy (non-hydrogen) atoms. The third-order valence-corrected chi connectivity index (χ3v) is 7.91. The Bertz CT molecular complexity index is 1180. The van der Waals surface area contributed by atoms with Crippen LogP contribution in [0.3, 0.4) is 0 Å². The van der Waals surface area contributed by atoms with Crippen LogP contribution in [0.25, 0.3) is 0 Å². The lowest BCUT2D eigenvalue weighted by Gasteiger charge is -2.18. The first kappa shape index (κ1) is 28.6. The zero-order valence-electron chi connectivity index (χ0n) is 20.5. The number of carbonyl (C=O) groups is 1. The molecule has 12 heteroatoms. The van der Waals surface area contributed by atoms with E-state index in [0.29, 0.717) is 18.7 Å². The topological polar surface area (TPSA) is 169 Å². The van der Waals surface area contributed by atoms with Crippen molar-refractivity contribution >= 4 is 21.7 Å². The summed E-state index contributed by atoms with van der Waals surface area (Å²) in [4.78, 5) is 18.1. The maximum atomic E-state index is 13.4. The van der Waals surface area contributed by atoms with E-state index in [2.05, 4.69) is 22.2 Å². The number of allylic oxidation sites excluding steroid dienone is 1. The molecule has 0 aromatic heterocycles. The number of amides is 2. The largest absolute Gasteiger partial charge is 0.404 e. The number of halogens is 1. The molecule has 1 aromatic carbocycles. The van der Waals surface area contributed by atoms with Gasteiger partial charge in [0.1, 0.15) is 16.4 Å². The summed E-state index contributed by atoms with van der Waals surface area (Å²) in [5.41, 5.74) is 18.1. The Kier molecular flexibility index (Phi) is 9.82. The fourth-order valence-electron chi connectivity index (χ4n) is 3.27. The maximum Gasteiger partial charge on any atom is 0.315 e. The first-order chi connectivity index (χ1) is 16.9. The highest BCUT2D eigenvalue weighted by Crippen LogP contribution is 2.52. The van der Waals surface area contributed by atoms with Gasteiger partial charge in [0.2, 0.25) is 0 Å². The van der Waals surface area contributed by atoms with Gasteiger partial charge in [-0.1, -0.05) is 18.7 Å². The Balaban J connectivity index is 2.20. The van der Waals surface area contributed by atoms with Gasteiger partial charge in [-0.05, 0) is 57.3 Å². The SMILES string of the molecule is C=C(N)\C=C(/N=C(N)\C(\C=C/CNC(=O)NCCN(C)C)=C\N)C1(S(=O)(=O)c2ccc(F)cc2)CC1. The summed E-state index contributed by atoms with van der Waals surface area (Å²) in [6.45, 7) is 5.03. The molecule has 1 aliphatic rings. The number of amidine groups is 1. The maximum absolute atomic E-state index is 13.4. The first-order valence-electron chi connectivity index (χ1n) is 11.2. The fraction of sp³-hybridized carbons (Fsp3) is 0.333. The number of benzene rings is 1. The van der Waals surface area contributed by atoms with Gasteiger partial charge in [0.05, 0.1) is 10.6 Å². The molecule has 0 spiro atoms. The Morgan fingerprint density at radius 2 is 1.86 bits per heavy atom. The number of hydrogen-bond donors (Lipinski definition) is 5. The van der Waals surface area contributed by atoms with E-state index in [4.69, 9.17) is 17.2 Å². The van der Waals surface area contributed by atoms with Crippen LogP contribution in [0.1, 0.15) is 12.8 Å². The molecule has 196 valence electrons. The minimum Gasteiger partial charge on any atom is -0.404 e. The molecule has 0 saturated heterocycles. The highest BCUT2D eigenvalue weighted by Gasteiger charge is 2.58. The lowest BCUT2D eigenvalue weighted by atomic mass is 10.2. The second-order valence-corrected chi connectivity index (χ2v) is 10.8. The van der Waals surface area contributed by atoms with Crippen LogP contribution in [0.4, 0.5) is 9.18 Å². The highest BCUT2D eigenvalue weighted by atomic mass is 32.2. The number of likely N-dealkylation sites (N-methyl/N-ethyl adjacent to an activating group) is 1. The Morgan fingerprint density at radius 3 is 2.39 bits per heavy atom. The van der Waals surface area contributed by atoms with Crippen molar-refractivity contribution in [1.29, 1.82) is 0 Å². The van der Waals surface area contributed by atoms with Gasteiger partial charge in [-0.2, -0.15) is 0 Å². The third-order valence-electron chi connectivity index (χ3n) is 5.37. The lowest BCUT2D eigenvalue weighted by molar-refractivity contribution is 0.240. The number of sulfone groups is 1. The van der Waals surface area contributed by atoms with Gasteiger partial charge in [0, 0.05) is 37.1 Å². The summed E-state index contributed by atoms with van der Waals surface area (Å²) in [5.74, 6) is -0.588. The highest BCUT2D eigenvalue weighted by molar-refractivity contribution is 7.93. The second kappa shape index (κ2) is 12.4. The van der Waals surface area contributed by atoms with Crippen LogP contribution in [0.15, 0.2) is 82.1 Å². The number of carbonyl (C=O) groups excluding carboxylic acids is 1. The number of rotatable bonds is 12. The van der Waals surface area contributed by atoms with Gasteiger partial charge >= 0.3 is 6.03 Å². The average Bonchev–Trinajstić information content (AvgIpc) is 3.61. The molecule has 2 amide bonds. The van der Waals surface area contributed by atoms with E-state index >= 15 is 0 Å². The Labute approximate surface area is 211 Å². The summed E-state index contributed by atoms with van der Waals surface area (Å²) in [5, 5.41) is 5.39. The molecule has 0 bridgehead atoms. The first-order valence-corrected chi connectivity index (χ1v) is 12.7. The fourth-order valence-corrected chi connectivity index (χ4v) is 5.24. The third kappa shape index (κ3) is 7.43. The molecule has 0 radical (unpaired) electrons. The number of aliphatic imine (C=N–C) groups is 1. The molecule has 0 atom stereocenters. The lowest BCUT2D eigenvalue weighted by Crippen LogP contribution is -2.39. The molecule has 10 nitrogen and oxygen atoms in total. The quantitative estimate of drug-likeness (QED) is 0.119. The number of nitrogens with zero attached hydrogens (tertiary/aromatic N) is 2. The van der Waals surface area contributed by atoms with Crippen molar-refractivity contribution in [3.63, 3.8) is 0 Å². The molecule has 1 aliphatic carbocycles. The van der Waals surface area contributed by atoms with Gasteiger partial charge in [-0.15, -0.1) is 0 Å². The zero-order valence-corrected chi connectivity index (χ0v) is 21.3. The van der Waals surface area contributed by atoms with Gasteiger partial charge in [0.25, 0.3) is 0 Å². The predicted molar refractivity (Wildman–Crippen MR) is 140 cm³/mol. The van der Waals surface area contributed by atoms with Gasteiger partial charge in [0.15, 0.2) is 9.84 Å². The van der Waals surface area contributed by atoms with Crippen molar-refractivity contribution in [3.05, 3.63) is 78.1 Å². The Hall–Kier alpha value is -3.64. The van der Waals surface area contributed by atoms with E-state index < -0.39 is 20.4 Å². The van der Waals surface area contributed by atoms with E-state index in [-0.39, 0.29) is 47.5 Å². The van der Waals surface area contributed by atoms with E-state index in [9.17, 15) is 17.6 Å². The second-order valence-electron chi connectivity index (χ2n) is 8.52. The average molecular weight is 520 g/mol. The minimum atomic E-state index is -3.93. The normalized spacial score (nSPS) is 16.3. The summed E-state index contributed by atoms with van der Waals surface area (Å²) in [7, 11) is -0.121. The monoisotopic (exact) mass is 519 g/mol. The van der Waals surface area contributed by atoms with Crippen LogP contribution in [0.5, 0.6) is 0 Å². The van der Waals surface area contributed by atoms with Crippen molar-refractivity contribution in [2.24, 2.45) is 22.2 Å². The summed E-state index contributed by atoms with van der Waals surface area (Å²) in [6, 6.07) is 4.27. The van der Waals surface area contributed by atoms with E-state index in [0.717, 1.165) is 12.1 Å². The smallest absolute Gasteiger partial charge is 0.315 e. The number of nitrogens with two attached hydrogens (primary N) is 3.